The second-order valence-electron chi connectivity index (χ2n) is 8.65. The largest absolute Gasteiger partial charge is 0.462 e. The number of carbonyl (C=O) groups excluding carboxylic acids is 3. The summed E-state index contributed by atoms with van der Waals surface area (Å²) in [6.45, 7) is 7.22. The van der Waals surface area contributed by atoms with E-state index in [-0.39, 0.29) is 17.8 Å². The molecule has 34 heavy (non-hydrogen) atoms. The summed E-state index contributed by atoms with van der Waals surface area (Å²) in [7, 11) is 1.55. The first kappa shape index (κ1) is 23.0. The third kappa shape index (κ3) is 4.21. The molecular weight excluding hydrogens is 438 g/mol. The van der Waals surface area contributed by atoms with Gasteiger partial charge in [-0.05, 0) is 39.8 Å². The molecule has 3 heterocycles. The maximum absolute atomic E-state index is 12.8. The molecule has 3 aromatic heterocycles. The summed E-state index contributed by atoms with van der Waals surface area (Å²) in [6, 6.07) is 8.86. The van der Waals surface area contributed by atoms with Crippen LogP contribution in [-0.2, 0) is 9.47 Å². The molecule has 0 aliphatic carbocycles. The van der Waals surface area contributed by atoms with E-state index in [9.17, 15) is 14.4 Å². The van der Waals surface area contributed by atoms with Gasteiger partial charge in [-0.3, -0.25) is 9.69 Å². The van der Waals surface area contributed by atoms with Crippen LogP contribution in [0.2, 0.25) is 0 Å². The Bertz CT molecular complexity index is 1410. The van der Waals surface area contributed by atoms with Crippen LogP contribution in [-0.4, -0.2) is 56.8 Å². The molecular formula is C24H25N5O5. The minimum atomic E-state index is -0.706. The van der Waals surface area contributed by atoms with Crippen molar-refractivity contribution in [3.05, 3.63) is 53.9 Å². The summed E-state index contributed by atoms with van der Waals surface area (Å²) < 4.78 is 13.8. The number of hydrogen-bond donors (Lipinski definition) is 0. The van der Waals surface area contributed by atoms with Crippen LogP contribution in [0, 0.1) is 0 Å². The Kier molecular flexibility index (Phi) is 5.82. The van der Waals surface area contributed by atoms with Crippen molar-refractivity contribution in [3.8, 4) is 5.82 Å². The number of fused-ring (bicyclic) bond motifs is 2. The quantitative estimate of drug-likeness (QED) is 0.325. The molecule has 176 valence electrons. The van der Waals surface area contributed by atoms with Gasteiger partial charge in [0.05, 0.1) is 18.3 Å². The van der Waals surface area contributed by atoms with Crippen LogP contribution >= 0.6 is 0 Å². The van der Waals surface area contributed by atoms with E-state index in [1.54, 1.807) is 63.7 Å². The van der Waals surface area contributed by atoms with E-state index in [0.29, 0.717) is 17.2 Å². The van der Waals surface area contributed by atoms with E-state index in [0.717, 1.165) is 17.2 Å². The van der Waals surface area contributed by atoms with Gasteiger partial charge >= 0.3 is 12.1 Å². The third-order valence-corrected chi connectivity index (χ3v) is 5.05. The summed E-state index contributed by atoms with van der Waals surface area (Å²) >= 11 is 0. The smallest absolute Gasteiger partial charge is 0.415 e. The minimum Gasteiger partial charge on any atom is -0.462 e. The summed E-state index contributed by atoms with van der Waals surface area (Å²) in [5, 5.41) is 5.18. The number of carbonyl (C=O) groups is 3. The Morgan fingerprint density at radius 1 is 1.18 bits per heavy atom. The molecule has 0 unspecified atom stereocenters. The molecule has 0 bridgehead atoms. The van der Waals surface area contributed by atoms with Gasteiger partial charge < -0.3 is 14.0 Å². The summed E-state index contributed by atoms with van der Waals surface area (Å²) in [5.74, 6) is 0.175. The lowest BCUT2D eigenvalue weighted by molar-refractivity contribution is 0.0527. The Morgan fingerprint density at radius 3 is 2.62 bits per heavy atom. The summed E-state index contributed by atoms with van der Waals surface area (Å²) in [5.41, 5.74) is 0.922. The maximum atomic E-state index is 12.8. The number of hydrogen-bond acceptors (Lipinski definition) is 7. The van der Waals surface area contributed by atoms with Crippen molar-refractivity contribution in [1.29, 1.82) is 0 Å². The zero-order chi connectivity index (χ0) is 24.6. The molecule has 1 amide bonds. The average molecular weight is 463 g/mol. The standard InChI is InChI=1S/C24H25N5O5/c1-6-33-22(31)17-13-25-29-20(27(5)23(32)34-24(2,3)4)12-19(26-21(17)29)28-10-9-16-8-7-15(14-30)11-18(16)28/h7-14H,6H2,1-5H3. The number of aldehydes is 1. The van der Waals surface area contributed by atoms with Crippen molar-refractivity contribution in [2.24, 2.45) is 0 Å². The number of anilines is 1. The van der Waals surface area contributed by atoms with Crippen molar-refractivity contribution < 1.29 is 23.9 Å². The van der Waals surface area contributed by atoms with E-state index in [4.69, 9.17) is 9.47 Å². The molecule has 0 aliphatic rings. The second kappa shape index (κ2) is 8.62. The Labute approximate surface area is 195 Å². The molecule has 10 heteroatoms. The van der Waals surface area contributed by atoms with Crippen LogP contribution in [0.1, 0.15) is 48.4 Å². The van der Waals surface area contributed by atoms with Gasteiger partial charge in [0.15, 0.2) is 5.65 Å². The fourth-order valence-electron chi connectivity index (χ4n) is 3.49. The molecule has 0 saturated heterocycles. The number of esters is 1. The lowest BCUT2D eigenvalue weighted by atomic mass is 10.2. The number of aromatic nitrogens is 4. The van der Waals surface area contributed by atoms with Crippen LogP contribution in [0.15, 0.2) is 42.7 Å². The van der Waals surface area contributed by atoms with Crippen molar-refractivity contribution >= 4 is 40.7 Å². The number of ether oxygens (including phenoxy) is 2. The molecule has 0 saturated carbocycles. The van der Waals surface area contributed by atoms with Crippen LogP contribution in [0.3, 0.4) is 0 Å². The predicted octanol–water partition coefficient (Wildman–Crippen LogP) is 4.03. The molecule has 4 aromatic rings. The molecule has 0 atom stereocenters. The summed E-state index contributed by atoms with van der Waals surface area (Å²) in [4.78, 5) is 42.7. The van der Waals surface area contributed by atoms with Gasteiger partial charge in [0.25, 0.3) is 0 Å². The number of rotatable bonds is 5. The van der Waals surface area contributed by atoms with Crippen molar-refractivity contribution in [2.45, 2.75) is 33.3 Å². The van der Waals surface area contributed by atoms with Gasteiger partial charge in [0, 0.05) is 30.3 Å². The van der Waals surface area contributed by atoms with Gasteiger partial charge in [-0.25, -0.2) is 14.6 Å². The second-order valence-corrected chi connectivity index (χ2v) is 8.65. The molecule has 0 N–H and O–H groups in total. The minimum absolute atomic E-state index is 0.160. The van der Waals surface area contributed by atoms with E-state index < -0.39 is 17.7 Å². The highest BCUT2D eigenvalue weighted by Gasteiger charge is 2.26. The van der Waals surface area contributed by atoms with E-state index >= 15 is 0 Å². The molecule has 1 aromatic carbocycles. The predicted molar refractivity (Wildman–Crippen MR) is 126 cm³/mol. The van der Waals surface area contributed by atoms with Gasteiger partial charge in [-0.15, -0.1) is 0 Å². The van der Waals surface area contributed by atoms with Crippen LogP contribution < -0.4 is 4.90 Å². The van der Waals surface area contributed by atoms with E-state index in [1.807, 2.05) is 12.1 Å². The lowest BCUT2D eigenvalue weighted by Gasteiger charge is -2.25. The lowest BCUT2D eigenvalue weighted by Crippen LogP contribution is -2.35. The monoisotopic (exact) mass is 463 g/mol. The van der Waals surface area contributed by atoms with Gasteiger partial charge in [0.2, 0.25) is 0 Å². The van der Waals surface area contributed by atoms with Crippen molar-refractivity contribution in [2.75, 3.05) is 18.6 Å². The fraction of sp³-hybridized carbons (Fsp3) is 0.292. The fourth-order valence-corrected chi connectivity index (χ4v) is 3.49. The van der Waals surface area contributed by atoms with E-state index in [1.165, 1.54) is 15.6 Å². The highest BCUT2D eigenvalue weighted by molar-refractivity contribution is 5.97. The van der Waals surface area contributed by atoms with Gasteiger partial charge in [-0.2, -0.15) is 9.61 Å². The third-order valence-electron chi connectivity index (χ3n) is 5.05. The number of nitrogens with zero attached hydrogens (tertiary/aromatic N) is 5. The topological polar surface area (TPSA) is 108 Å². The number of amides is 1. The highest BCUT2D eigenvalue weighted by atomic mass is 16.6. The Balaban J connectivity index is 1.94. The summed E-state index contributed by atoms with van der Waals surface area (Å²) in [6.07, 6.45) is 3.33. The number of benzene rings is 1. The SMILES string of the molecule is CCOC(=O)c1cnn2c(N(C)C(=O)OC(C)(C)C)cc(-n3ccc4ccc(C=O)cc43)nc12. The van der Waals surface area contributed by atoms with Crippen LogP contribution in [0.4, 0.5) is 10.6 Å². The first-order chi connectivity index (χ1) is 16.1. The molecule has 0 fully saturated rings. The molecule has 0 radical (unpaired) electrons. The van der Waals surface area contributed by atoms with Crippen molar-refractivity contribution in [1.82, 2.24) is 19.2 Å². The molecule has 0 aliphatic heterocycles. The zero-order valence-electron chi connectivity index (χ0n) is 19.6. The zero-order valence-corrected chi connectivity index (χ0v) is 19.6. The van der Waals surface area contributed by atoms with Crippen LogP contribution in [0.5, 0.6) is 0 Å². The normalized spacial score (nSPS) is 11.6. The molecule has 0 spiro atoms. The highest BCUT2D eigenvalue weighted by Crippen LogP contribution is 2.26. The van der Waals surface area contributed by atoms with Crippen molar-refractivity contribution in [3.63, 3.8) is 0 Å². The van der Waals surface area contributed by atoms with Gasteiger partial charge in [0.1, 0.15) is 29.1 Å². The van der Waals surface area contributed by atoms with Crippen LogP contribution in [0.25, 0.3) is 22.4 Å². The average Bonchev–Trinajstić information content (AvgIpc) is 3.40. The maximum Gasteiger partial charge on any atom is 0.415 e. The van der Waals surface area contributed by atoms with E-state index in [2.05, 4.69) is 10.1 Å². The first-order valence-electron chi connectivity index (χ1n) is 10.7. The Morgan fingerprint density at radius 2 is 1.94 bits per heavy atom. The Hall–Kier alpha value is -4.21. The molecule has 4 rings (SSSR count). The molecule has 10 nitrogen and oxygen atoms in total. The first-order valence-corrected chi connectivity index (χ1v) is 10.7. The van der Waals surface area contributed by atoms with Gasteiger partial charge in [-0.1, -0.05) is 12.1 Å².